The molecule has 4 heteroatoms. The Labute approximate surface area is 109 Å². The Morgan fingerprint density at radius 2 is 2.17 bits per heavy atom. The Morgan fingerprint density at radius 3 is 2.78 bits per heavy atom. The summed E-state index contributed by atoms with van der Waals surface area (Å²) in [6, 6.07) is 2.45. The number of aryl methyl sites for hydroxylation is 1. The van der Waals surface area contributed by atoms with E-state index in [1.807, 2.05) is 6.92 Å². The number of rotatable bonds is 4. The third kappa shape index (κ3) is 3.42. The van der Waals surface area contributed by atoms with Crippen molar-refractivity contribution in [1.82, 2.24) is 9.97 Å². The number of aromatic nitrogens is 2. The van der Waals surface area contributed by atoms with Crippen molar-refractivity contribution in [3.63, 3.8) is 0 Å². The van der Waals surface area contributed by atoms with Crippen molar-refractivity contribution in [3.8, 4) is 0 Å². The van der Waals surface area contributed by atoms with E-state index in [1.165, 1.54) is 6.42 Å². The molecule has 1 saturated carbocycles. The lowest BCUT2D eigenvalue weighted by molar-refractivity contribution is 0.563. The van der Waals surface area contributed by atoms with E-state index in [4.69, 9.17) is 5.73 Å². The van der Waals surface area contributed by atoms with Crippen LogP contribution in [-0.4, -0.2) is 22.6 Å². The van der Waals surface area contributed by atoms with Gasteiger partial charge in [-0.1, -0.05) is 13.8 Å². The van der Waals surface area contributed by atoms with Crippen molar-refractivity contribution < 1.29 is 0 Å². The van der Waals surface area contributed by atoms with Gasteiger partial charge in [-0.2, -0.15) is 0 Å². The number of nitrogens with one attached hydrogen (secondary N) is 1. The molecule has 0 aromatic carbocycles. The summed E-state index contributed by atoms with van der Waals surface area (Å²) in [5, 5.41) is 3.37. The molecule has 0 spiro atoms. The van der Waals surface area contributed by atoms with Gasteiger partial charge in [0.25, 0.3) is 0 Å². The Balaban J connectivity index is 1.96. The minimum absolute atomic E-state index is 0.390. The van der Waals surface area contributed by atoms with Crippen molar-refractivity contribution in [2.75, 3.05) is 11.9 Å². The van der Waals surface area contributed by atoms with Crippen LogP contribution >= 0.6 is 0 Å². The number of anilines is 1. The molecule has 1 aromatic rings. The average molecular weight is 248 g/mol. The summed E-state index contributed by atoms with van der Waals surface area (Å²) in [7, 11) is 0. The first-order chi connectivity index (χ1) is 8.54. The summed E-state index contributed by atoms with van der Waals surface area (Å²) in [4.78, 5) is 9.00. The van der Waals surface area contributed by atoms with Crippen molar-refractivity contribution >= 4 is 5.95 Å². The van der Waals surface area contributed by atoms with Crippen LogP contribution in [0.1, 0.15) is 50.4 Å². The van der Waals surface area contributed by atoms with E-state index in [1.54, 1.807) is 0 Å². The highest BCUT2D eigenvalue weighted by Gasteiger charge is 2.21. The second kappa shape index (κ2) is 5.65. The van der Waals surface area contributed by atoms with E-state index in [-0.39, 0.29) is 0 Å². The summed E-state index contributed by atoms with van der Waals surface area (Å²) >= 11 is 0. The van der Waals surface area contributed by atoms with Crippen LogP contribution in [0.2, 0.25) is 0 Å². The number of hydrogen-bond donors (Lipinski definition) is 2. The van der Waals surface area contributed by atoms with Gasteiger partial charge in [-0.05, 0) is 44.1 Å². The highest BCUT2D eigenvalue weighted by atomic mass is 15.1. The summed E-state index contributed by atoms with van der Waals surface area (Å²) in [5.74, 6) is 1.87. The molecule has 1 aliphatic carbocycles. The van der Waals surface area contributed by atoms with E-state index in [9.17, 15) is 0 Å². The fourth-order valence-electron chi connectivity index (χ4n) is 2.50. The van der Waals surface area contributed by atoms with Crippen LogP contribution in [0.15, 0.2) is 6.07 Å². The largest absolute Gasteiger partial charge is 0.354 e. The van der Waals surface area contributed by atoms with Gasteiger partial charge in [-0.25, -0.2) is 9.97 Å². The van der Waals surface area contributed by atoms with Crippen LogP contribution in [0.3, 0.4) is 0 Å². The van der Waals surface area contributed by atoms with Gasteiger partial charge in [0.1, 0.15) is 0 Å². The molecule has 4 nitrogen and oxygen atoms in total. The van der Waals surface area contributed by atoms with Crippen LogP contribution in [0.4, 0.5) is 5.95 Å². The van der Waals surface area contributed by atoms with Crippen LogP contribution < -0.4 is 11.1 Å². The smallest absolute Gasteiger partial charge is 0.223 e. The molecule has 0 amide bonds. The highest BCUT2D eigenvalue weighted by molar-refractivity contribution is 5.29. The lowest BCUT2D eigenvalue weighted by Gasteiger charge is -2.13. The summed E-state index contributed by atoms with van der Waals surface area (Å²) in [6.07, 6.45) is 3.49. The fraction of sp³-hybridized carbons (Fsp3) is 0.714. The number of nitrogens with zero attached hydrogens (tertiary/aromatic N) is 2. The molecule has 2 atom stereocenters. The maximum absolute atomic E-state index is 5.92. The van der Waals surface area contributed by atoms with Crippen LogP contribution in [0.5, 0.6) is 0 Å². The Hall–Kier alpha value is -1.16. The lowest BCUT2D eigenvalue weighted by Crippen LogP contribution is -2.18. The molecule has 2 unspecified atom stereocenters. The van der Waals surface area contributed by atoms with Gasteiger partial charge in [-0.15, -0.1) is 0 Å². The van der Waals surface area contributed by atoms with E-state index in [2.05, 4.69) is 35.2 Å². The maximum atomic E-state index is 5.92. The molecule has 18 heavy (non-hydrogen) atoms. The van der Waals surface area contributed by atoms with Gasteiger partial charge in [0, 0.05) is 24.0 Å². The molecular weight excluding hydrogens is 224 g/mol. The normalized spacial score (nSPS) is 23.6. The zero-order valence-corrected chi connectivity index (χ0v) is 11.6. The van der Waals surface area contributed by atoms with E-state index in [0.717, 1.165) is 36.7 Å². The van der Waals surface area contributed by atoms with Crippen molar-refractivity contribution in [3.05, 3.63) is 17.5 Å². The van der Waals surface area contributed by atoms with Gasteiger partial charge in [0.05, 0.1) is 0 Å². The second-order valence-corrected chi connectivity index (χ2v) is 5.73. The minimum atomic E-state index is 0.390. The van der Waals surface area contributed by atoms with Crippen LogP contribution in [0.25, 0.3) is 0 Å². The van der Waals surface area contributed by atoms with Crippen LogP contribution in [0, 0.1) is 12.8 Å². The zero-order chi connectivity index (χ0) is 13.1. The summed E-state index contributed by atoms with van der Waals surface area (Å²) in [6.45, 7) is 7.27. The van der Waals surface area contributed by atoms with Crippen molar-refractivity contribution in [1.29, 1.82) is 0 Å². The van der Waals surface area contributed by atoms with Gasteiger partial charge in [0.15, 0.2) is 0 Å². The first-order valence-corrected chi connectivity index (χ1v) is 6.89. The van der Waals surface area contributed by atoms with Gasteiger partial charge in [0.2, 0.25) is 5.95 Å². The predicted molar refractivity (Wildman–Crippen MR) is 74.7 cm³/mol. The minimum Gasteiger partial charge on any atom is -0.354 e. The monoisotopic (exact) mass is 248 g/mol. The third-order valence-electron chi connectivity index (χ3n) is 3.60. The molecule has 0 saturated heterocycles. The molecule has 0 radical (unpaired) electrons. The molecule has 1 aliphatic rings. The standard InChI is InChI=1S/C14H24N4/c1-9(2)13-6-10(3)17-14(18-13)16-8-11-4-5-12(15)7-11/h6,9,11-12H,4-5,7-8,15H2,1-3H3,(H,16,17,18). The predicted octanol–water partition coefficient (Wildman–Crippen LogP) is 2.45. The van der Waals surface area contributed by atoms with Crippen molar-refractivity contribution in [2.45, 2.75) is 52.0 Å². The Morgan fingerprint density at radius 1 is 1.39 bits per heavy atom. The molecule has 1 heterocycles. The van der Waals surface area contributed by atoms with Gasteiger partial charge >= 0.3 is 0 Å². The molecule has 0 bridgehead atoms. The van der Waals surface area contributed by atoms with E-state index < -0.39 is 0 Å². The van der Waals surface area contributed by atoms with Crippen LogP contribution in [-0.2, 0) is 0 Å². The summed E-state index contributed by atoms with van der Waals surface area (Å²) in [5.41, 5.74) is 8.05. The third-order valence-corrected chi connectivity index (χ3v) is 3.60. The quantitative estimate of drug-likeness (QED) is 0.859. The summed E-state index contributed by atoms with van der Waals surface area (Å²) < 4.78 is 0. The number of hydrogen-bond acceptors (Lipinski definition) is 4. The van der Waals surface area contributed by atoms with Gasteiger partial charge < -0.3 is 11.1 Å². The molecule has 0 aliphatic heterocycles. The Kier molecular flexibility index (Phi) is 4.17. The first-order valence-electron chi connectivity index (χ1n) is 6.89. The molecule has 1 aromatic heterocycles. The van der Waals surface area contributed by atoms with Gasteiger partial charge in [-0.3, -0.25) is 0 Å². The van der Waals surface area contributed by atoms with Crippen molar-refractivity contribution in [2.24, 2.45) is 11.7 Å². The number of nitrogens with two attached hydrogens (primary N) is 1. The molecule has 3 N–H and O–H groups in total. The highest BCUT2D eigenvalue weighted by Crippen LogP contribution is 2.24. The second-order valence-electron chi connectivity index (χ2n) is 5.73. The zero-order valence-electron chi connectivity index (χ0n) is 11.6. The molecule has 100 valence electrons. The molecular formula is C14H24N4. The molecule has 2 rings (SSSR count). The average Bonchev–Trinajstić information content (AvgIpc) is 2.72. The lowest BCUT2D eigenvalue weighted by atomic mass is 10.1. The van der Waals surface area contributed by atoms with E-state index >= 15 is 0 Å². The SMILES string of the molecule is Cc1cc(C(C)C)nc(NCC2CCC(N)C2)n1. The first kappa shape index (κ1) is 13.3. The maximum Gasteiger partial charge on any atom is 0.223 e. The topological polar surface area (TPSA) is 63.8 Å². The van der Waals surface area contributed by atoms with E-state index in [0.29, 0.717) is 17.9 Å². The fourth-order valence-corrected chi connectivity index (χ4v) is 2.50. The molecule has 1 fully saturated rings. The Bertz CT molecular complexity index is 403.